The van der Waals surface area contributed by atoms with E-state index in [1.54, 1.807) is 12.0 Å². The molecule has 142 valence electrons. The van der Waals surface area contributed by atoms with Crippen LogP contribution < -0.4 is 4.74 Å². The molecule has 2 aliphatic heterocycles. The second-order valence-electron chi connectivity index (χ2n) is 6.57. The molecular formula is C19H26N2O4S. The summed E-state index contributed by atoms with van der Waals surface area (Å²) >= 11 is 1.32. The number of ether oxygens (including phenoxy) is 2. The van der Waals surface area contributed by atoms with Gasteiger partial charge in [0.05, 0.1) is 13.2 Å². The summed E-state index contributed by atoms with van der Waals surface area (Å²) in [5.74, 6) is 1.65. The van der Waals surface area contributed by atoms with Gasteiger partial charge in [0.15, 0.2) is 0 Å². The molecule has 1 aromatic rings. The van der Waals surface area contributed by atoms with Crippen LogP contribution in [0.15, 0.2) is 24.3 Å². The fourth-order valence-electron chi connectivity index (χ4n) is 3.35. The highest BCUT2D eigenvalue weighted by Crippen LogP contribution is 2.22. The van der Waals surface area contributed by atoms with E-state index in [1.165, 1.54) is 11.8 Å². The van der Waals surface area contributed by atoms with E-state index in [4.69, 9.17) is 9.47 Å². The summed E-state index contributed by atoms with van der Waals surface area (Å²) in [6.07, 6.45) is 2.46. The van der Waals surface area contributed by atoms with Crippen LogP contribution in [0.2, 0.25) is 0 Å². The fraction of sp³-hybridized carbons (Fsp3) is 0.579. The van der Waals surface area contributed by atoms with Crippen LogP contribution in [0.1, 0.15) is 24.8 Å². The van der Waals surface area contributed by atoms with E-state index in [0.717, 1.165) is 43.1 Å². The van der Waals surface area contributed by atoms with Gasteiger partial charge in [-0.1, -0.05) is 30.0 Å². The molecule has 0 spiro atoms. The number of nitrogens with zero attached hydrogens (tertiary/aromatic N) is 2. The molecule has 2 fully saturated rings. The Kier molecular flexibility index (Phi) is 6.80. The lowest BCUT2D eigenvalue weighted by Gasteiger charge is -2.27. The molecule has 2 aliphatic rings. The van der Waals surface area contributed by atoms with Crippen LogP contribution in [-0.2, 0) is 16.1 Å². The first-order valence-corrected chi connectivity index (χ1v) is 10.1. The van der Waals surface area contributed by atoms with E-state index in [-0.39, 0.29) is 17.3 Å². The van der Waals surface area contributed by atoms with Crippen molar-refractivity contribution in [3.8, 4) is 5.75 Å². The van der Waals surface area contributed by atoms with Crippen LogP contribution in [0.4, 0.5) is 4.79 Å². The number of methoxy groups -OCH3 is 1. The number of para-hydroxylation sites is 1. The lowest BCUT2D eigenvalue weighted by Crippen LogP contribution is -2.39. The molecule has 2 heterocycles. The standard InChI is InChI=1S/C19H26N2O4S/c1-24-17-7-3-2-5-15(17)13-21(14-16-6-4-11-25-16)18(22)8-9-20-10-12-26-19(20)23/h2-3,5,7,16H,4,6,8-14H2,1H3. The Morgan fingerprint density at radius 1 is 1.42 bits per heavy atom. The molecular weight excluding hydrogens is 352 g/mol. The molecule has 1 atom stereocenters. The van der Waals surface area contributed by atoms with E-state index in [0.29, 0.717) is 26.1 Å². The summed E-state index contributed by atoms with van der Waals surface area (Å²) < 4.78 is 11.2. The molecule has 0 radical (unpaired) electrons. The number of benzene rings is 1. The summed E-state index contributed by atoms with van der Waals surface area (Å²) in [5.41, 5.74) is 0.981. The summed E-state index contributed by atoms with van der Waals surface area (Å²) in [7, 11) is 1.64. The van der Waals surface area contributed by atoms with E-state index in [2.05, 4.69) is 0 Å². The van der Waals surface area contributed by atoms with Gasteiger partial charge in [-0.2, -0.15) is 0 Å². The molecule has 0 aromatic heterocycles. The van der Waals surface area contributed by atoms with Crippen LogP contribution in [0.3, 0.4) is 0 Å². The Balaban J connectivity index is 1.65. The average Bonchev–Trinajstić information content (AvgIpc) is 3.31. The van der Waals surface area contributed by atoms with Gasteiger partial charge in [-0.25, -0.2) is 0 Å². The third kappa shape index (κ3) is 4.92. The third-order valence-electron chi connectivity index (χ3n) is 4.79. The lowest BCUT2D eigenvalue weighted by atomic mass is 10.1. The quantitative estimate of drug-likeness (QED) is 0.696. The van der Waals surface area contributed by atoms with Crippen LogP contribution in [0, 0.1) is 0 Å². The Morgan fingerprint density at radius 3 is 2.96 bits per heavy atom. The Hall–Kier alpha value is -1.73. The molecule has 6 nitrogen and oxygen atoms in total. The normalized spacial score (nSPS) is 19.8. The van der Waals surface area contributed by atoms with Crippen LogP contribution in [-0.4, -0.2) is 66.2 Å². The zero-order valence-electron chi connectivity index (χ0n) is 15.2. The van der Waals surface area contributed by atoms with Gasteiger partial charge in [0, 0.05) is 50.5 Å². The van der Waals surface area contributed by atoms with Gasteiger partial charge in [-0.3, -0.25) is 9.59 Å². The Labute approximate surface area is 158 Å². The Morgan fingerprint density at radius 2 is 2.27 bits per heavy atom. The third-order valence-corrected chi connectivity index (χ3v) is 5.69. The van der Waals surface area contributed by atoms with E-state index in [9.17, 15) is 9.59 Å². The van der Waals surface area contributed by atoms with Crippen molar-refractivity contribution in [3.05, 3.63) is 29.8 Å². The number of thioether (sulfide) groups is 1. The van der Waals surface area contributed by atoms with E-state index in [1.807, 2.05) is 29.2 Å². The minimum atomic E-state index is 0.0520. The van der Waals surface area contributed by atoms with Crippen molar-refractivity contribution >= 4 is 22.9 Å². The van der Waals surface area contributed by atoms with Gasteiger partial charge in [-0.05, 0) is 18.9 Å². The highest BCUT2D eigenvalue weighted by atomic mass is 32.2. The first-order chi connectivity index (χ1) is 12.7. The molecule has 0 aliphatic carbocycles. The maximum Gasteiger partial charge on any atom is 0.281 e. The molecule has 26 heavy (non-hydrogen) atoms. The average molecular weight is 378 g/mol. The SMILES string of the molecule is COc1ccccc1CN(CC1CCCO1)C(=O)CCN1CCSC1=O. The minimum absolute atomic E-state index is 0.0520. The van der Waals surface area contributed by atoms with Crippen molar-refractivity contribution in [2.24, 2.45) is 0 Å². The van der Waals surface area contributed by atoms with E-state index >= 15 is 0 Å². The van der Waals surface area contributed by atoms with Crippen molar-refractivity contribution in [2.75, 3.05) is 39.1 Å². The van der Waals surface area contributed by atoms with Gasteiger partial charge in [0.25, 0.3) is 5.24 Å². The highest BCUT2D eigenvalue weighted by molar-refractivity contribution is 8.13. The molecule has 0 bridgehead atoms. The number of rotatable bonds is 8. The maximum atomic E-state index is 12.9. The molecule has 1 aromatic carbocycles. The topological polar surface area (TPSA) is 59.1 Å². The number of amides is 2. The second-order valence-corrected chi connectivity index (χ2v) is 7.62. The van der Waals surface area contributed by atoms with Crippen molar-refractivity contribution in [2.45, 2.75) is 31.9 Å². The van der Waals surface area contributed by atoms with Gasteiger partial charge in [-0.15, -0.1) is 0 Å². The number of hydrogen-bond donors (Lipinski definition) is 0. The first kappa shape index (κ1) is 19.0. The second kappa shape index (κ2) is 9.28. The molecule has 2 saturated heterocycles. The van der Waals surface area contributed by atoms with Crippen LogP contribution in [0.25, 0.3) is 0 Å². The smallest absolute Gasteiger partial charge is 0.281 e. The zero-order valence-corrected chi connectivity index (χ0v) is 16.0. The number of carbonyl (C=O) groups is 2. The summed E-state index contributed by atoms with van der Waals surface area (Å²) in [5, 5.41) is 0.0770. The zero-order chi connectivity index (χ0) is 18.4. The predicted octanol–water partition coefficient (Wildman–Crippen LogP) is 2.76. The summed E-state index contributed by atoms with van der Waals surface area (Å²) in [6.45, 7) is 3.06. The number of carbonyl (C=O) groups excluding carboxylic acids is 2. The number of hydrogen-bond acceptors (Lipinski definition) is 5. The summed E-state index contributed by atoms with van der Waals surface area (Å²) in [6, 6.07) is 7.76. The van der Waals surface area contributed by atoms with Crippen molar-refractivity contribution in [3.63, 3.8) is 0 Å². The molecule has 3 rings (SSSR count). The van der Waals surface area contributed by atoms with Crippen LogP contribution in [0.5, 0.6) is 5.75 Å². The van der Waals surface area contributed by atoms with E-state index < -0.39 is 0 Å². The van der Waals surface area contributed by atoms with Crippen molar-refractivity contribution in [1.29, 1.82) is 0 Å². The lowest BCUT2D eigenvalue weighted by molar-refractivity contribution is -0.133. The largest absolute Gasteiger partial charge is 0.496 e. The predicted molar refractivity (Wildman–Crippen MR) is 101 cm³/mol. The minimum Gasteiger partial charge on any atom is -0.496 e. The fourth-order valence-corrected chi connectivity index (χ4v) is 4.20. The first-order valence-electron chi connectivity index (χ1n) is 9.10. The molecule has 1 unspecified atom stereocenters. The molecule has 7 heteroatoms. The van der Waals surface area contributed by atoms with Crippen molar-refractivity contribution in [1.82, 2.24) is 9.80 Å². The Bertz CT molecular complexity index is 634. The monoisotopic (exact) mass is 378 g/mol. The van der Waals surface area contributed by atoms with Gasteiger partial charge in [0.2, 0.25) is 5.91 Å². The maximum absolute atomic E-state index is 12.9. The molecule has 0 saturated carbocycles. The summed E-state index contributed by atoms with van der Waals surface area (Å²) in [4.78, 5) is 28.2. The van der Waals surface area contributed by atoms with Crippen molar-refractivity contribution < 1.29 is 19.1 Å². The van der Waals surface area contributed by atoms with Crippen LogP contribution >= 0.6 is 11.8 Å². The van der Waals surface area contributed by atoms with Gasteiger partial charge in [0.1, 0.15) is 5.75 Å². The molecule has 2 amide bonds. The van der Waals surface area contributed by atoms with Gasteiger partial charge >= 0.3 is 0 Å². The highest BCUT2D eigenvalue weighted by Gasteiger charge is 2.26. The molecule has 0 N–H and O–H groups in total. The van der Waals surface area contributed by atoms with Gasteiger partial charge < -0.3 is 19.3 Å².